The normalized spacial score (nSPS) is 20.2. The topological polar surface area (TPSA) is 124 Å². The van der Waals surface area contributed by atoms with E-state index in [1.807, 2.05) is 0 Å². The molecule has 8 nitrogen and oxygen atoms in total. The summed E-state index contributed by atoms with van der Waals surface area (Å²) in [6, 6.07) is 1.48. The predicted molar refractivity (Wildman–Crippen MR) is 102 cm³/mol. The Morgan fingerprint density at radius 1 is 1.34 bits per heavy atom. The maximum absolute atomic E-state index is 11.7. The molecule has 0 radical (unpaired) electrons. The number of carbonyl (C=O) groups excluding carboxylic acids is 1. The summed E-state index contributed by atoms with van der Waals surface area (Å²) in [5.74, 6) is -2.50. The third kappa shape index (κ3) is 8.44. The van der Waals surface area contributed by atoms with Gasteiger partial charge in [-0.15, -0.1) is 0 Å². The summed E-state index contributed by atoms with van der Waals surface area (Å²) in [7, 11) is 1.70. The number of nitrogens with zero attached hydrogens (tertiary/aromatic N) is 1. The van der Waals surface area contributed by atoms with Crippen molar-refractivity contribution in [2.24, 2.45) is 12.8 Å². The first-order chi connectivity index (χ1) is 13.3. The number of nitrogens with two attached hydrogens (primary N) is 1. The largest absolute Gasteiger partial charge is 0.490 e. The van der Waals surface area contributed by atoms with Crippen LogP contribution >= 0.6 is 15.9 Å². The quantitative estimate of drug-likeness (QED) is 0.585. The highest BCUT2D eigenvalue weighted by Gasteiger charge is 2.38. The molecule has 1 saturated carbocycles. The highest BCUT2D eigenvalue weighted by molar-refractivity contribution is 9.10. The SMILES string of the molecule is C[C@H](NC1CCC(Oc2cc(=O)n(C)cc2Br)CC1)C(N)=O.O=C(O)C(F)(F)F. The highest BCUT2D eigenvalue weighted by Crippen LogP contribution is 2.28. The van der Waals surface area contributed by atoms with E-state index in [1.54, 1.807) is 20.2 Å². The van der Waals surface area contributed by atoms with Gasteiger partial charge in [0.25, 0.3) is 5.56 Å². The van der Waals surface area contributed by atoms with E-state index in [9.17, 15) is 22.8 Å². The molecule has 0 aromatic carbocycles. The molecule has 29 heavy (non-hydrogen) atoms. The highest BCUT2D eigenvalue weighted by atomic mass is 79.9. The molecule has 0 unspecified atom stereocenters. The minimum absolute atomic E-state index is 0.0883. The zero-order valence-electron chi connectivity index (χ0n) is 15.8. The Morgan fingerprint density at radius 2 is 1.86 bits per heavy atom. The fraction of sp³-hybridized carbons (Fsp3) is 0.588. The summed E-state index contributed by atoms with van der Waals surface area (Å²) >= 11 is 3.42. The number of aryl methyl sites for hydroxylation is 1. The van der Waals surface area contributed by atoms with Crippen LogP contribution in [0.5, 0.6) is 5.75 Å². The van der Waals surface area contributed by atoms with Crippen molar-refractivity contribution >= 4 is 27.8 Å². The van der Waals surface area contributed by atoms with E-state index in [-0.39, 0.29) is 29.7 Å². The van der Waals surface area contributed by atoms with Gasteiger partial charge in [-0.05, 0) is 48.5 Å². The maximum Gasteiger partial charge on any atom is 0.490 e. The van der Waals surface area contributed by atoms with Gasteiger partial charge in [0.05, 0.1) is 16.6 Å². The van der Waals surface area contributed by atoms with Crippen LogP contribution in [0.2, 0.25) is 0 Å². The first kappa shape index (κ1) is 25.0. The molecule has 1 atom stereocenters. The number of pyridine rings is 1. The summed E-state index contributed by atoms with van der Waals surface area (Å²) in [5, 5.41) is 10.4. The van der Waals surface area contributed by atoms with Gasteiger partial charge in [0, 0.05) is 25.4 Å². The van der Waals surface area contributed by atoms with Crippen molar-refractivity contribution in [2.75, 3.05) is 0 Å². The number of primary amides is 1. The molecule has 1 amide bonds. The Hall–Kier alpha value is -2.08. The van der Waals surface area contributed by atoms with Crippen LogP contribution in [0.3, 0.4) is 0 Å². The van der Waals surface area contributed by atoms with Gasteiger partial charge in [0.15, 0.2) is 0 Å². The number of alkyl halides is 3. The van der Waals surface area contributed by atoms with E-state index in [1.165, 1.54) is 10.6 Å². The van der Waals surface area contributed by atoms with Crippen molar-refractivity contribution in [3.8, 4) is 5.75 Å². The summed E-state index contributed by atoms with van der Waals surface area (Å²) in [5.41, 5.74) is 5.17. The minimum atomic E-state index is -5.08. The van der Waals surface area contributed by atoms with Gasteiger partial charge in [0.2, 0.25) is 5.91 Å². The Morgan fingerprint density at radius 3 is 2.31 bits per heavy atom. The molecular formula is C17H23BrF3N3O5. The average molecular weight is 486 g/mol. The minimum Gasteiger partial charge on any atom is -0.489 e. The van der Waals surface area contributed by atoms with E-state index in [0.29, 0.717) is 5.75 Å². The Kier molecular flexibility index (Phi) is 9.14. The number of hydrogen-bond donors (Lipinski definition) is 3. The third-order valence-corrected chi connectivity index (χ3v) is 4.86. The molecule has 0 aliphatic heterocycles. The van der Waals surface area contributed by atoms with Crippen molar-refractivity contribution in [3.63, 3.8) is 0 Å². The number of carboxylic acids is 1. The number of rotatable bonds is 5. The van der Waals surface area contributed by atoms with Crippen LogP contribution in [0.25, 0.3) is 0 Å². The second-order valence-corrected chi connectivity index (χ2v) is 7.47. The number of amides is 1. The van der Waals surface area contributed by atoms with E-state index in [0.717, 1.165) is 30.2 Å². The average Bonchev–Trinajstić information content (AvgIpc) is 2.61. The molecule has 0 spiro atoms. The smallest absolute Gasteiger partial charge is 0.489 e. The lowest BCUT2D eigenvalue weighted by Crippen LogP contribution is -2.46. The van der Waals surface area contributed by atoms with Crippen LogP contribution in [0.15, 0.2) is 21.5 Å². The van der Waals surface area contributed by atoms with Crippen LogP contribution in [0.4, 0.5) is 13.2 Å². The van der Waals surface area contributed by atoms with Gasteiger partial charge >= 0.3 is 12.1 Å². The van der Waals surface area contributed by atoms with Crippen LogP contribution < -0.4 is 21.3 Å². The first-order valence-electron chi connectivity index (χ1n) is 8.69. The number of carboxylic acid groups (broad SMARTS) is 1. The van der Waals surface area contributed by atoms with E-state index < -0.39 is 12.1 Å². The summed E-state index contributed by atoms with van der Waals surface area (Å²) in [4.78, 5) is 31.6. The van der Waals surface area contributed by atoms with Crippen molar-refractivity contribution < 1.29 is 32.6 Å². The number of ether oxygens (including phenoxy) is 1. The molecular weight excluding hydrogens is 463 g/mol. The fourth-order valence-electron chi connectivity index (χ4n) is 2.63. The summed E-state index contributed by atoms with van der Waals surface area (Å²) in [6.07, 6.45) is 0.315. The molecule has 4 N–H and O–H groups in total. The molecule has 1 fully saturated rings. The van der Waals surface area contributed by atoms with Crippen LogP contribution in [-0.4, -0.2) is 45.9 Å². The molecule has 1 aliphatic rings. The van der Waals surface area contributed by atoms with E-state index in [4.69, 9.17) is 20.4 Å². The zero-order valence-corrected chi connectivity index (χ0v) is 17.4. The van der Waals surface area contributed by atoms with Gasteiger partial charge in [-0.3, -0.25) is 9.59 Å². The Balaban J connectivity index is 0.000000516. The van der Waals surface area contributed by atoms with Gasteiger partial charge in [-0.25, -0.2) is 4.79 Å². The second kappa shape index (κ2) is 10.6. The molecule has 0 saturated heterocycles. The van der Waals surface area contributed by atoms with Crippen LogP contribution in [-0.2, 0) is 16.6 Å². The lowest BCUT2D eigenvalue weighted by Gasteiger charge is -2.31. The number of halogens is 4. The predicted octanol–water partition coefficient (Wildman–Crippen LogP) is 1.93. The molecule has 1 aliphatic carbocycles. The maximum atomic E-state index is 11.7. The van der Waals surface area contributed by atoms with Gasteiger partial charge in [-0.1, -0.05) is 0 Å². The van der Waals surface area contributed by atoms with Gasteiger partial charge in [0.1, 0.15) is 5.75 Å². The molecule has 1 aromatic rings. The number of nitrogens with one attached hydrogen (secondary N) is 1. The van der Waals surface area contributed by atoms with Crippen LogP contribution in [0.1, 0.15) is 32.6 Å². The van der Waals surface area contributed by atoms with Gasteiger partial charge < -0.3 is 25.5 Å². The summed E-state index contributed by atoms with van der Waals surface area (Å²) < 4.78 is 40.0. The first-order valence-corrected chi connectivity index (χ1v) is 9.48. The molecule has 0 bridgehead atoms. The van der Waals surface area contributed by atoms with Gasteiger partial charge in [-0.2, -0.15) is 13.2 Å². The monoisotopic (exact) mass is 485 g/mol. The molecule has 1 aromatic heterocycles. The van der Waals surface area contributed by atoms with Crippen molar-refractivity contribution in [1.82, 2.24) is 9.88 Å². The zero-order chi connectivity index (χ0) is 22.4. The lowest BCUT2D eigenvalue weighted by atomic mass is 9.92. The van der Waals surface area contributed by atoms with Crippen molar-refractivity contribution in [3.05, 3.63) is 27.1 Å². The Bertz CT molecular complexity index is 777. The van der Waals surface area contributed by atoms with Crippen LogP contribution in [0, 0.1) is 0 Å². The molecule has 2 rings (SSSR count). The lowest BCUT2D eigenvalue weighted by molar-refractivity contribution is -0.192. The fourth-order valence-corrected chi connectivity index (χ4v) is 3.15. The number of hydrogen-bond acceptors (Lipinski definition) is 5. The summed E-state index contributed by atoms with van der Waals surface area (Å²) in [6.45, 7) is 1.78. The third-order valence-electron chi connectivity index (χ3n) is 4.27. The van der Waals surface area contributed by atoms with Crippen molar-refractivity contribution in [1.29, 1.82) is 0 Å². The number of aliphatic carboxylic acids is 1. The van der Waals surface area contributed by atoms with Crippen molar-refractivity contribution in [2.45, 2.75) is 57.0 Å². The number of aromatic nitrogens is 1. The second-order valence-electron chi connectivity index (χ2n) is 6.62. The molecule has 1 heterocycles. The molecule has 164 valence electrons. The van der Waals surface area contributed by atoms with E-state index in [2.05, 4.69) is 21.2 Å². The number of carbonyl (C=O) groups is 2. The standard InChI is InChI=1S/C15H22BrN3O3.C2HF3O2/c1-9(15(17)21)18-10-3-5-11(6-4-10)22-13-7-14(20)19(2)8-12(13)16;3-2(4,5)1(6)7/h7-11,18H,3-6H2,1-2H3,(H2,17,21);(H,6,7)/t9-,10?,11?;/m0./s1. The molecule has 12 heteroatoms. The Labute approximate surface area is 173 Å². The van der Waals surface area contributed by atoms with E-state index >= 15 is 0 Å².